The van der Waals surface area contributed by atoms with E-state index in [-0.39, 0.29) is 0 Å². The summed E-state index contributed by atoms with van der Waals surface area (Å²) in [7, 11) is 2.15. The molecule has 0 saturated carbocycles. The third-order valence-electron chi connectivity index (χ3n) is 3.75. The molecule has 3 heterocycles. The molecule has 4 nitrogen and oxygen atoms in total. The van der Waals surface area contributed by atoms with E-state index in [2.05, 4.69) is 21.3 Å². The Labute approximate surface area is 106 Å². The number of carbonyl (C=O) groups excluding carboxylic acids is 1. The molecule has 94 valence electrons. The van der Waals surface area contributed by atoms with Crippen LogP contribution < -0.4 is 0 Å². The molecule has 18 heavy (non-hydrogen) atoms. The summed E-state index contributed by atoms with van der Waals surface area (Å²) in [6.45, 7) is 2.21. The zero-order valence-corrected chi connectivity index (χ0v) is 10.5. The molecule has 4 heteroatoms. The molecule has 1 atom stereocenters. The summed E-state index contributed by atoms with van der Waals surface area (Å²) in [5, 5.41) is 0. The van der Waals surface area contributed by atoms with E-state index in [4.69, 9.17) is 0 Å². The lowest BCUT2D eigenvalue weighted by Crippen LogP contribution is -2.31. The number of aldehydes is 1. The summed E-state index contributed by atoms with van der Waals surface area (Å²) in [4.78, 5) is 17.9. The maximum absolute atomic E-state index is 11.0. The van der Waals surface area contributed by atoms with Crippen LogP contribution in [-0.2, 0) is 0 Å². The van der Waals surface area contributed by atoms with Crippen molar-refractivity contribution in [2.45, 2.75) is 18.8 Å². The lowest BCUT2D eigenvalue weighted by atomic mass is 9.98. The molecule has 0 radical (unpaired) electrons. The number of pyridine rings is 1. The van der Waals surface area contributed by atoms with Crippen LogP contribution in [0, 0.1) is 0 Å². The van der Waals surface area contributed by atoms with Crippen LogP contribution in [0.1, 0.15) is 34.9 Å². The van der Waals surface area contributed by atoms with E-state index in [1.165, 1.54) is 19.4 Å². The first-order chi connectivity index (χ1) is 8.79. The van der Waals surface area contributed by atoms with Gasteiger partial charge < -0.3 is 9.30 Å². The molecular weight excluding hydrogens is 226 g/mol. The van der Waals surface area contributed by atoms with E-state index in [0.717, 1.165) is 24.2 Å². The highest BCUT2D eigenvalue weighted by atomic mass is 16.1. The van der Waals surface area contributed by atoms with E-state index in [1.807, 2.05) is 24.5 Å². The molecule has 1 fully saturated rings. The van der Waals surface area contributed by atoms with Gasteiger partial charge in [-0.05, 0) is 38.6 Å². The van der Waals surface area contributed by atoms with Gasteiger partial charge in [0.15, 0.2) is 6.29 Å². The Kier molecular flexibility index (Phi) is 2.88. The summed E-state index contributed by atoms with van der Waals surface area (Å²) < 4.78 is 2.06. The van der Waals surface area contributed by atoms with Crippen molar-refractivity contribution in [3.63, 3.8) is 0 Å². The zero-order chi connectivity index (χ0) is 12.5. The van der Waals surface area contributed by atoms with Crippen LogP contribution in [0.5, 0.6) is 0 Å². The minimum Gasteiger partial charge on any atom is -0.306 e. The Morgan fingerprint density at radius 2 is 2.39 bits per heavy atom. The fourth-order valence-corrected chi connectivity index (χ4v) is 2.84. The molecule has 0 aliphatic carbocycles. The van der Waals surface area contributed by atoms with Crippen molar-refractivity contribution in [2.75, 3.05) is 20.1 Å². The lowest BCUT2D eigenvalue weighted by Gasteiger charge is -2.28. The molecule has 0 aromatic carbocycles. The van der Waals surface area contributed by atoms with Crippen LogP contribution >= 0.6 is 0 Å². The zero-order valence-electron chi connectivity index (χ0n) is 10.5. The number of likely N-dealkylation sites (tertiary alicyclic amines) is 1. The fourth-order valence-electron chi connectivity index (χ4n) is 2.84. The second kappa shape index (κ2) is 4.53. The number of piperidine rings is 1. The second-order valence-corrected chi connectivity index (χ2v) is 5.05. The molecule has 2 aromatic rings. The van der Waals surface area contributed by atoms with E-state index < -0.39 is 0 Å². The topological polar surface area (TPSA) is 37.6 Å². The van der Waals surface area contributed by atoms with Crippen molar-refractivity contribution in [1.82, 2.24) is 14.3 Å². The van der Waals surface area contributed by atoms with Crippen LogP contribution in [0.15, 0.2) is 24.5 Å². The third-order valence-corrected chi connectivity index (χ3v) is 3.75. The van der Waals surface area contributed by atoms with E-state index in [0.29, 0.717) is 11.5 Å². The van der Waals surface area contributed by atoms with E-state index >= 15 is 0 Å². The molecule has 1 saturated heterocycles. The van der Waals surface area contributed by atoms with Gasteiger partial charge in [0.05, 0.1) is 11.7 Å². The molecule has 1 aliphatic heterocycles. The largest absolute Gasteiger partial charge is 0.306 e. The predicted molar refractivity (Wildman–Crippen MR) is 70.1 cm³/mol. The first-order valence-corrected chi connectivity index (χ1v) is 6.39. The molecule has 0 bridgehead atoms. The minimum atomic E-state index is 0.466. The van der Waals surface area contributed by atoms with Crippen LogP contribution in [0.4, 0.5) is 0 Å². The first kappa shape index (κ1) is 11.4. The summed E-state index contributed by atoms with van der Waals surface area (Å²) in [5.41, 5.74) is 1.62. The van der Waals surface area contributed by atoms with Crippen molar-refractivity contribution in [3.05, 3.63) is 35.9 Å². The average Bonchev–Trinajstić information content (AvgIpc) is 2.82. The summed E-state index contributed by atoms with van der Waals surface area (Å²) in [6, 6.07) is 3.75. The number of aromatic nitrogens is 2. The third kappa shape index (κ3) is 1.82. The Morgan fingerprint density at radius 3 is 3.17 bits per heavy atom. The Bertz CT molecular complexity index is 575. The minimum absolute atomic E-state index is 0.466. The summed E-state index contributed by atoms with van der Waals surface area (Å²) >= 11 is 0. The highest BCUT2D eigenvalue weighted by molar-refractivity contribution is 5.85. The first-order valence-electron chi connectivity index (χ1n) is 6.39. The second-order valence-electron chi connectivity index (χ2n) is 5.05. The number of likely N-dealkylation sites (N-methyl/N-ethyl adjacent to an activating group) is 1. The van der Waals surface area contributed by atoms with Gasteiger partial charge in [0.25, 0.3) is 0 Å². The number of rotatable bonds is 2. The number of hydrogen-bond donors (Lipinski definition) is 0. The van der Waals surface area contributed by atoms with Gasteiger partial charge in [0, 0.05) is 24.2 Å². The molecule has 1 unspecified atom stereocenters. The van der Waals surface area contributed by atoms with Gasteiger partial charge in [-0.2, -0.15) is 0 Å². The van der Waals surface area contributed by atoms with Crippen molar-refractivity contribution < 1.29 is 4.79 Å². The van der Waals surface area contributed by atoms with Gasteiger partial charge in [-0.3, -0.25) is 4.79 Å². The molecule has 3 rings (SSSR count). The summed E-state index contributed by atoms with van der Waals surface area (Å²) in [5.74, 6) is 1.55. The van der Waals surface area contributed by atoms with Crippen molar-refractivity contribution in [1.29, 1.82) is 0 Å². The van der Waals surface area contributed by atoms with Gasteiger partial charge in [-0.25, -0.2) is 4.98 Å². The Balaban J connectivity index is 2.04. The number of fused-ring (bicyclic) bond motifs is 1. The quantitative estimate of drug-likeness (QED) is 0.757. The standard InChI is InChI=1S/C14H17N3O/c1-16-6-2-4-11(9-16)14-15-8-13-12(10-18)5-3-7-17(13)14/h3,5,7-8,10-11H,2,4,6,9H2,1H3. The summed E-state index contributed by atoms with van der Waals surface area (Å²) in [6.07, 6.45) is 7.10. The van der Waals surface area contributed by atoms with Crippen LogP contribution in [0.2, 0.25) is 0 Å². The highest BCUT2D eigenvalue weighted by Crippen LogP contribution is 2.26. The average molecular weight is 243 g/mol. The van der Waals surface area contributed by atoms with Gasteiger partial charge in [0.1, 0.15) is 5.82 Å². The van der Waals surface area contributed by atoms with Crippen LogP contribution in [0.3, 0.4) is 0 Å². The molecule has 0 spiro atoms. The molecule has 1 aliphatic rings. The highest BCUT2D eigenvalue weighted by Gasteiger charge is 2.22. The maximum Gasteiger partial charge on any atom is 0.152 e. The van der Waals surface area contributed by atoms with Crippen LogP contribution in [-0.4, -0.2) is 40.7 Å². The van der Waals surface area contributed by atoms with Gasteiger partial charge >= 0.3 is 0 Å². The fraction of sp³-hybridized carbons (Fsp3) is 0.429. The molecular formula is C14H17N3O. The SMILES string of the molecule is CN1CCCC(c2ncc3c(C=O)cccn23)C1. The lowest BCUT2D eigenvalue weighted by molar-refractivity contribution is 0.112. The van der Waals surface area contributed by atoms with Crippen LogP contribution in [0.25, 0.3) is 5.52 Å². The van der Waals surface area contributed by atoms with Gasteiger partial charge in [0.2, 0.25) is 0 Å². The monoisotopic (exact) mass is 243 g/mol. The smallest absolute Gasteiger partial charge is 0.152 e. The number of hydrogen-bond acceptors (Lipinski definition) is 3. The Hall–Kier alpha value is -1.68. The van der Waals surface area contributed by atoms with Crippen molar-refractivity contribution in [3.8, 4) is 0 Å². The molecule has 2 aromatic heterocycles. The maximum atomic E-state index is 11.0. The van der Waals surface area contributed by atoms with E-state index in [9.17, 15) is 4.79 Å². The number of nitrogens with zero attached hydrogens (tertiary/aromatic N) is 3. The van der Waals surface area contributed by atoms with Crippen molar-refractivity contribution >= 4 is 11.8 Å². The molecule has 0 N–H and O–H groups in total. The number of carbonyl (C=O) groups is 1. The Morgan fingerprint density at radius 1 is 1.50 bits per heavy atom. The normalized spacial score (nSPS) is 21.3. The predicted octanol–water partition coefficient (Wildman–Crippen LogP) is 1.96. The number of imidazole rings is 1. The van der Waals surface area contributed by atoms with Gasteiger partial charge in [-0.1, -0.05) is 0 Å². The van der Waals surface area contributed by atoms with Crippen molar-refractivity contribution in [2.24, 2.45) is 0 Å². The molecule has 0 amide bonds. The van der Waals surface area contributed by atoms with Gasteiger partial charge in [-0.15, -0.1) is 0 Å². The van der Waals surface area contributed by atoms with E-state index in [1.54, 1.807) is 0 Å².